The van der Waals surface area contributed by atoms with Crippen LogP contribution in [-0.4, -0.2) is 20.6 Å². The van der Waals surface area contributed by atoms with Crippen molar-refractivity contribution in [1.82, 2.24) is 14.3 Å². The van der Waals surface area contributed by atoms with Crippen LogP contribution in [0.2, 0.25) is 0 Å². The first-order valence-electron chi connectivity index (χ1n) is 17.7. The van der Waals surface area contributed by atoms with Gasteiger partial charge < -0.3 is 14.3 Å². The van der Waals surface area contributed by atoms with Crippen molar-refractivity contribution in [3.8, 4) is 16.8 Å². The molecule has 0 saturated carbocycles. The van der Waals surface area contributed by atoms with Crippen LogP contribution in [-0.2, 0) is 0 Å². The van der Waals surface area contributed by atoms with Gasteiger partial charge in [-0.05, 0) is 59.2 Å². The van der Waals surface area contributed by atoms with Crippen LogP contribution < -0.4 is 5.32 Å². The Labute approximate surface area is 299 Å². The van der Waals surface area contributed by atoms with Gasteiger partial charge in [0.15, 0.2) is 5.84 Å². The quantitative estimate of drug-likeness (QED) is 0.195. The van der Waals surface area contributed by atoms with Gasteiger partial charge in [0.1, 0.15) is 12.0 Å². The summed E-state index contributed by atoms with van der Waals surface area (Å²) in [6.07, 6.45) is 1.98. The van der Waals surface area contributed by atoms with Crippen molar-refractivity contribution in [1.29, 1.82) is 0 Å². The third kappa shape index (κ3) is 4.36. The van der Waals surface area contributed by atoms with E-state index in [1.165, 1.54) is 49.0 Å². The van der Waals surface area contributed by atoms with E-state index in [1.54, 1.807) is 0 Å². The number of nitrogens with one attached hydrogen (secondary N) is 1. The van der Waals surface area contributed by atoms with Gasteiger partial charge in [-0.25, -0.2) is 9.98 Å². The largest absolute Gasteiger partial charge is 0.344 e. The minimum atomic E-state index is -0.248. The molecule has 0 radical (unpaired) electrons. The molecule has 1 aliphatic heterocycles. The molecule has 10 aromatic rings. The summed E-state index contributed by atoms with van der Waals surface area (Å²) in [4.78, 5) is 10.2. The zero-order valence-corrected chi connectivity index (χ0v) is 28.1. The molecule has 0 amide bonds. The van der Waals surface area contributed by atoms with Crippen LogP contribution in [0.4, 0.5) is 0 Å². The first-order chi connectivity index (χ1) is 25.8. The SMILES string of the molecule is c1ccc(C2=NC(c3cccc(-c4cccc(-n5c6ccccc6c6c7ccn8c9ccccc9c(cc65)c78)c4)c3)=NC(c3ccccc3)N2)cc1. The minimum Gasteiger partial charge on any atom is -0.344 e. The van der Waals surface area contributed by atoms with Crippen LogP contribution in [0, 0.1) is 0 Å². The van der Waals surface area contributed by atoms with Crippen molar-refractivity contribution in [3.05, 3.63) is 193 Å². The van der Waals surface area contributed by atoms with Gasteiger partial charge in [0.25, 0.3) is 0 Å². The first kappa shape index (κ1) is 28.8. The van der Waals surface area contributed by atoms with Crippen LogP contribution in [0.25, 0.3) is 65.8 Å². The first-order valence-corrected chi connectivity index (χ1v) is 17.7. The molecule has 1 N–H and O–H groups in total. The molecular weight excluding hydrogens is 635 g/mol. The molecule has 0 aliphatic carbocycles. The van der Waals surface area contributed by atoms with Crippen LogP contribution in [0.1, 0.15) is 22.9 Å². The summed E-state index contributed by atoms with van der Waals surface area (Å²) in [5, 5.41) is 9.96. The fraction of sp³-hybridized carbons (Fsp3) is 0.0213. The third-order valence-corrected chi connectivity index (χ3v) is 10.5. The van der Waals surface area contributed by atoms with Gasteiger partial charge in [-0.15, -0.1) is 0 Å². The van der Waals surface area contributed by atoms with Crippen molar-refractivity contribution in [2.24, 2.45) is 9.98 Å². The van der Waals surface area contributed by atoms with Crippen molar-refractivity contribution in [2.75, 3.05) is 0 Å². The van der Waals surface area contributed by atoms with E-state index >= 15 is 0 Å². The Kier molecular flexibility index (Phi) is 6.25. The zero-order chi connectivity index (χ0) is 34.2. The smallest absolute Gasteiger partial charge is 0.159 e. The summed E-state index contributed by atoms with van der Waals surface area (Å²) in [6, 6.07) is 60.3. The summed E-state index contributed by atoms with van der Waals surface area (Å²) in [6.45, 7) is 0. The molecule has 0 fully saturated rings. The summed E-state index contributed by atoms with van der Waals surface area (Å²) < 4.78 is 4.78. The lowest BCUT2D eigenvalue weighted by atomic mass is 10.0. The molecule has 1 atom stereocenters. The maximum atomic E-state index is 5.13. The van der Waals surface area contributed by atoms with E-state index in [-0.39, 0.29) is 6.17 Å². The van der Waals surface area contributed by atoms with E-state index in [0.29, 0.717) is 5.84 Å². The average molecular weight is 666 g/mol. The molecule has 52 heavy (non-hydrogen) atoms. The Morgan fingerprint density at radius 2 is 1.15 bits per heavy atom. The number of rotatable bonds is 5. The van der Waals surface area contributed by atoms with E-state index in [1.807, 2.05) is 24.3 Å². The van der Waals surface area contributed by atoms with Gasteiger partial charge in [0, 0.05) is 49.9 Å². The second kappa shape index (κ2) is 11.3. The molecule has 1 aliphatic rings. The summed E-state index contributed by atoms with van der Waals surface area (Å²) >= 11 is 0. The Bertz CT molecular complexity index is 3040. The Morgan fingerprint density at radius 1 is 0.481 bits per heavy atom. The Hall–Kier alpha value is -6.98. The minimum absolute atomic E-state index is 0.248. The molecule has 5 heteroatoms. The second-order valence-corrected chi connectivity index (χ2v) is 13.5. The molecule has 1 unspecified atom stereocenters. The Morgan fingerprint density at radius 3 is 2.00 bits per heavy atom. The number of para-hydroxylation sites is 2. The van der Waals surface area contributed by atoms with Crippen LogP contribution in [0.3, 0.4) is 0 Å². The van der Waals surface area contributed by atoms with Crippen molar-refractivity contribution in [3.63, 3.8) is 0 Å². The summed E-state index contributed by atoms with van der Waals surface area (Å²) in [5.41, 5.74) is 11.4. The number of aliphatic imine (C=N–C) groups is 2. The van der Waals surface area contributed by atoms with E-state index in [0.717, 1.165) is 39.3 Å². The molecular formula is C47H31N5. The molecule has 0 spiro atoms. The lowest BCUT2D eigenvalue weighted by molar-refractivity contribution is 0.674. The van der Waals surface area contributed by atoms with Gasteiger partial charge in [-0.2, -0.15) is 0 Å². The van der Waals surface area contributed by atoms with Crippen molar-refractivity contribution in [2.45, 2.75) is 6.17 Å². The highest BCUT2D eigenvalue weighted by molar-refractivity contribution is 6.29. The number of hydrogen-bond acceptors (Lipinski definition) is 3. The predicted octanol–water partition coefficient (Wildman–Crippen LogP) is 10.9. The molecule has 7 aromatic carbocycles. The van der Waals surface area contributed by atoms with Crippen molar-refractivity contribution >= 4 is 60.7 Å². The predicted molar refractivity (Wildman–Crippen MR) is 215 cm³/mol. The number of amidine groups is 2. The van der Waals surface area contributed by atoms with Crippen LogP contribution in [0.15, 0.2) is 186 Å². The van der Waals surface area contributed by atoms with Gasteiger partial charge in [0.2, 0.25) is 0 Å². The molecule has 5 nitrogen and oxygen atoms in total. The number of nitrogens with zero attached hydrogens (tertiary/aromatic N) is 4. The van der Waals surface area contributed by atoms with Crippen molar-refractivity contribution < 1.29 is 0 Å². The van der Waals surface area contributed by atoms with E-state index in [2.05, 4.69) is 166 Å². The average Bonchev–Trinajstić information content (AvgIpc) is 3.90. The number of fused-ring (bicyclic) bond motifs is 7. The maximum absolute atomic E-state index is 5.13. The molecule has 11 rings (SSSR count). The normalized spacial score (nSPS) is 14.7. The number of aromatic nitrogens is 2. The second-order valence-electron chi connectivity index (χ2n) is 13.5. The van der Waals surface area contributed by atoms with Crippen LogP contribution >= 0.6 is 0 Å². The molecule has 0 bridgehead atoms. The van der Waals surface area contributed by atoms with E-state index in [9.17, 15) is 0 Å². The van der Waals surface area contributed by atoms with Crippen LogP contribution in [0.5, 0.6) is 0 Å². The monoisotopic (exact) mass is 665 g/mol. The lowest BCUT2D eigenvalue weighted by Gasteiger charge is -2.23. The van der Waals surface area contributed by atoms with E-state index in [4.69, 9.17) is 9.98 Å². The Balaban J connectivity index is 1.06. The van der Waals surface area contributed by atoms with Gasteiger partial charge in [0.05, 0.1) is 22.1 Å². The van der Waals surface area contributed by atoms with E-state index < -0.39 is 0 Å². The molecule has 244 valence electrons. The number of hydrogen-bond donors (Lipinski definition) is 1. The highest BCUT2D eigenvalue weighted by Gasteiger charge is 2.23. The van der Waals surface area contributed by atoms with Gasteiger partial charge >= 0.3 is 0 Å². The molecule has 0 saturated heterocycles. The third-order valence-electron chi connectivity index (χ3n) is 10.5. The highest BCUT2D eigenvalue weighted by atomic mass is 15.2. The topological polar surface area (TPSA) is 46.1 Å². The lowest BCUT2D eigenvalue weighted by Crippen LogP contribution is -2.33. The number of benzene rings is 7. The molecule has 3 aromatic heterocycles. The zero-order valence-electron chi connectivity index (χ0n) is 28.1. The van der Waals surface area contributed by atoms with Gasteiger partial charge in [-0.3, -0.25) is 0 Å². The standard InChI is InChI=1S/C47H31N5/c1-3-13-30(14-4-1)45-48-46(31-15-5-2-6-16-31)50-47(49-45)34-19-11-17-32(27-34)33-18-12-20-35(28-33)52-41-24-10-8-22-37(41)43-38-25-26-51-40-23-9-7-21-36(40)39(44(38)51)29-42(43)52/h1-29,45H,(H,48,49,50). The fourth-order valence-electron chi connectivity index (χ4n) is 8.18. The van der Waals surface area contributed by atoms with Gasteiger partial charge in [-0.1, -0.05) is 127 Å². The summed E-state index contributed by atoms with van der Waals surface area (Å²) in [7, 11) is 0. The fourth-order valence-corrected chi connectivity index (χ4v) is 8.18. The maximum Gasteiger partial charge on any atom is 0.159 e. The molecule has 4 heterocycles. The summed E-state index contributed by atoms with van der Waals surface area (Å²) in [5.74, 6) is 1.52. The highest BCUT2D eigenvalue weighted by Crippen LogP contribution is 2.43.